The van der Waals surface area contributed by atoms with Gasteiger partial charge in [0.05, 0.1) is 6.61 Å². The Bertz CT molecular complexity index is 432. The quantitative estimate of drug-likeness (QED) is 0.859. The molecule has 0 saturated heterocycles. The van der Waals surface area contributed by atoms with Gasteiger partial charge < -0.3 is 10.1 Å². The number of benzene rings is 1. The minimum Gasteiger partial charge on any atom is -0.464 e. The van der Waals surface area contributed by atoms with Crippen molar-refractivity contribution in [1.82, 2.24) is 0 Å². The van der Waals surface area contributed by atoms with E-state index in [1.165, 1.54) is 0 Å². The summed E-state index contributed by atoms with van der Waals surface area (Å²) >= 11 is 3.53. The maximum atomic E-state index is 11.8. The standard InChI is InChI=1S/C14H20BrNO2/c1-6-18-13(17)14(4,5)16-11-7-9(2)12(15)10(3)8-11/h7-8,16H,6H2,1-5H3. The molecule has 0 aliphatic heterocycles. The molecule has 4 heteroatoms. The molecule has 1 rings (SSSR count). The number of halogens is 1. The second-order valence-corrected chi connectivity index (χ2v) is 5.69. The number of aryl methyl sites for hydroxylation is 2. The first-order valence-corrected chi connectivity index (χ1v) is 6.79. The molecule has 1 N–H and O–H groups in total. The van der Waals surface area contributed by atoms with Gasteiger partial charge in [0.1, 0.15) is 5.54 Å². The van der Waals surface area contributed by atoms with E-state index in [9.17, 15) is 4.79 Å². The van der Waals surface area contributed by atoms with Gasteiger partial charge in [0.25, 0.3) is 0 Å². The normalized spacial score (nSPS) is 11.2. The van der Waals surface area contributed by atoms with Crippen LogP contribution < -0.4 is 5.32 Å². The highest BCUT2D eigenvalue weighted by Crippen LogP contribution is 2.26. The third-order valence-electron chi connectivity index (χ3n) is 2.68. The van der Waals surface area contributed by atoms with E-state index in [0.29, 0.717) is 6.61 Å². The maximum Gasteiger partial charge on any atom is 0.331 e. The summed E-state index contributed by atoms with van der Waals surface area (Å²) in [6.45, 7) is 9.89. The number of anilines is 1. The van der Waals surface area contributed by atoms with Crippen LogP contribution in [-0.4, -0.2) is 18.1 Å². The molecule has 0 aliphatic rings. The summed E-state index contributed by atoms with van der Waals surface area (Å²) < 4.78 is 6.15. The van der Waals surface area contributed by atoms with Crippen molar-refractivity contribution in [2.45, 2.75) is 40.2 Å². The lowest BCUT2D eigenvalue weighted by Gasteiger charge is -2.25. The maximum absolute atomic E-state index is 11.8. The first kappa shape index (κ1) is 15.0. The zero-order valence-electron chi connectivity index (χ0n) is 11.6. The van der Waals surface area contributed by atoms with Crippen LogP contribution in [0.1, 0.15) is 31.9 Å². The summed E-state index contributed by atoms with van der Waals surface area (Å²) in [5.41, 5.74) is 2.46. The van der Waals surface area contributed by atoms with E-state index < -0.39 is 5.54 Å². The molecule has 0 aromatic heterocycles. The van der Waals surface area contributed by atoms with Crippen LogP contribution >= 0.6 is 15.9 Å². The second kappa shape index (κ2) is 5.74. The summed E-state index contributed by atoms with van der Waals surface area (Å²) in [5, 5.41) is 3.22. The summed E-state index contributed by atoms with van der Waals surface area (Å²) in [7, 11) is 0. The molecule has 0 saturated carbocycles. The molecule has 0 aliphatic carbocycles. The van der Waals surface area contributed by atoms with E-state index in [-0.39, 0.29) is 5.97 Å². The van der Waals surface area contributed by atoms with Gasteiger partial charge in [-0.1, -0.05) is 15.9 Å². The second-order valence-electron chi connectivity index (χ2n) is 4.89. The Balaban J connectivity index is 2.94. The monoisotopic (exact) mass is 313 g/mol. The minimum absolute atomic E-state index is 0.247. The van der Waals surface area contributed by atoms with Crippen LogP contribution in [0.4, 0.5) is 5.69 Å². The largest absolute Gasteiger partial charge is 0.464 e. The number of rotatable bonds is 4. The van der Waals surface area contributed by atoms with Crippen LogP contribution in [0.15, 0.2) is 16.6 Å². The van der Waals surface area contributed by atoms with Crippen molar-refractivity contribution in [3.63, 3.8) is 0 Å². The molecule has 1 aromatic rings. The van der Waals surface area contributed by atoms with Gasteiger partial charge in [0.2, 0.25) is 0 Å². The van der Waals surface area contributed by atoms with E-state index in [1.54, 1.807) is 0 Å². The fourth-order valence-corrected chi connectivity index (χ4v) is 1.97. The molecule has 1 aromatic carbocycles. The van der Waals surface area contributed by atoms with E-state index in [2.05, 4.69) is 21.2 Å². The van der Waals surface area contributed by atoms with Gasteiger partial charge in [0, 0.05) is 10.2 Å². The number of nitrogens with one attached hydrogen (secondary N) is 1. The highest BCUT2D eigenvalue weighted by molar-refractivity contribution is 9.10. The van der Waals surface area contributed by atoms with Crippen molar-refractivity contribution in [3.05, 3.63) is 27.7 Å². The van der Waals surface area contributed by atoms with E-state index in [4.69, 9.17) is 4.74 Å². The van der Waals surface area contributed by atoms with Crippen LogP contribution in [-0.2, 0) is 9.53 Å². The van der Waals surface area contributed by atoms with Crippen LogP contribution in [0.2, 0.25) is 0 Å². The van der Waals surface area contributed by atoms with Gasteiger partial charge in [-0.3, -0.25) is 0 Å². The SMILES string of the molecule is CCOC(=O)C(C)(C)Nc1cc(C)c(Br)c(C)c1. The molecule has 0 amide bonds. The Labute approximate surface area is 117 Å². The van der Waals surface area contributed by atoms with Gasteiger partial charge >= 0.3 is 5.97 Å². The molecular formula is C14H20BrNO2. The first-order valence-electron chi connectivity index (χ1n) is 6.00. The van der Waals surface area contributed by atoms with Crippen LogP contribution in [0, 0.1) is 13.8 Å². The molecule has 0 atom stereocenters. The van der Waals surface area contributed by atoms with E-state index in [0.717, 1.165) is 21.3 Å². The lowest BCUT2D eigenvalue weighted by molar-refractivity contribution is -0.147. The lowest BCUT2D eigenvalue weighted by Crippen LogP contribution is -2.41. The highest BCUT2D eigenvalue weighted by Gasteiger charge is 2.29. The number of carbonyl (C=O) groups is 1. The number of hydrogen-bond acceptors (Lipinski definition) is 3. The van der Waals surface area contributed by atoms with Gasteiger partial charge in [-0.2, -0.15) is 0 Å². The average Bonchev–Trinajstić information content (AvgIpc) is 2.25. The minimum atomic E-state index is -0.733. The van der Waals surface area contributed by atoms with Crippen molar-refractivity contribution in [3.8, 4) is 0 Å². The highest BCUT2D eigenvalue weighted by atomic mass is 79.9. The number of esters is 1. The third kappa shape index (κ3) is 3.48. The smallest absolute Gasteiger partial charge is 0.331 e. The van der Waals surface area contributed by atoms with Gasteiger partial charge in [0.15, 0.2) is 0 Å². The predicted octanol–water partition coefficient (Wildman–Crippen LogP) is 3.82. The average molecular weight is 314 g/mol. The fraction of sp³-hybridized carbons (Fsp3) is 0.500. The molecule has 3 nitrogen and oxygen atoms in total. The first-order chi connectivity index (χ1) is 8.27. The summed E-state index contributed by atoms with van der Waals surface area (Å²) in [6.07, 6.45) is 0. The van der Waals surface area contributed by atoms with Crippen LogP contribution in [0.3, 0.4) is 0 Å². The van der Waals surface area contributed by atoms with Crippen molar-refractivity contribution in [1.29, 1.82) is 0 Å². The van der Waals surface area contributed by atoms with Crippen molar-refractivity contribution in [2.24, 2.45) is 0 Å². The molecule has 0 radical (unpaired) electrons. The molecule has 0 bridgehead atoms. The van der Waals surface area contributed by atoms with E-state index in [1.807, 2.05) is 46.8 Å². The lowest BCUT2D eigenvalue weighted by atomic mass is 10.0. The number of carbonyl (C=O) groups excluding carboxylic acids is 1. The Kier molecular flexibility index (Phi) is 4.79. The molecular weight excluding hydrogens is 294 g/mol. The third-order valence-corrected chi connectivity index (χ3v) is 3.93. The fourth-order valence-electron chi connectivity index (χ4n) is 1.74. The van der Waals surface area contributed by atoms with Gasteiger partial charge in [-0.25, -0.2) is 4.79 Å². The Hall–Kier alpha value is -1.03. The predicted molar refractivity (Wildman–Crippen MR) is 78.0 cm³/mol. The molecule has 100 valence electrons. The van der Waals surface area contributed by atoms with Gasteiger partial charge in [-0.05, 0) is 57.9 Å². The Morgan fingerprint density at radius 1 is 1.33 bits per heavy atom. The number of hydrogen-bond donors (Lipinski definition) is 1. The zero-order chi connectivity index (χ0) is 13.9. The molecule has 0 spiro atoms. The topological polar surface area (TPSA) is 38.3 Å². The summed E-state index contributed by atoms with van der Waals surface area (Å²) in [5.74, 6) is -0.247. The van der Waals surface area contributed by atoms with Crippen molar-refractivity contribution < 1.29 is 9.53 Å². The van der Waals surface area contributed by atoms with E-state index >= 15 is 0 Å². The van der Waals surface area contributed by atoms with Gasteiger partial charge in [-0.15, -0.1) is 0 Å². The molecule has 0 fully saturated rings. The van der Waals surface area contributed by atoms with Crippen LogP contribution in [0.25, 0.3) is 0 Å². The molecule has 0 unspecified atom stereocenters. The Morgan fingerprint density at radius 3 is 2.28 bits per heavy atom. The number of ether oxygens (including phenoxy) is 1. The van der Waals surface area contributed by atoms with Crippen LogP contribution in [0.5, 0.6) is 0 Å². The van der Waals surface area contributed by atoms with Crippen molar-refractivity contribution >= 4 is 27.6 Å². The molecule has 0 heterocycles. The summed E-state index contributed by atoms with van der Waals surface area (Å²) in [6, 6.07) is 4.02. The zero-order valence-corrected chi connectivity index (χ0v) is 13.1. The summed E-state index contributed by atoms with van der Waals surface area (Å²) in [4.78, 5) is 11.8. The molecule has 18 heavy (non-hydrogen) atoms. The van der Waals surface area contributed by atoms with Crippen molar-refractivity contribution in [2.75, 3.05) is 11.9 Å². The Morgan fingerprint density at radius 2 is 1.83 bits per heavy atom.